The zero-order valence-corrected chi connectivity index (χ0v) is 24.1. The van der Waals surface area contributed by atoms with Crippen LogP contribution >= 0.6 is 0 Å². The Morgan fingerprint density at radius 2 is 1.79 bits per heavy atom. The van der Waals surface area contributed by atoms with Crippen molar-refractivity contribution in [3.63, 3.8) is 0 Å². The number of ketones is 1. The molecule has 0 heterocycles. The number of carbonyl (C=O) groups is 4. The number of ether oxygens (including phenoxy) is 3. The SMILES string of the molecule is COC(=O)CC[C@@H](C)[C@H]1CC[C@H]2[C@@H]3[C@H](OC(C)=O)C[C@@H]4C[C@H](OC(C)=O)CC[C@]4(C)[C@H]3C(N=[N+]=[N-])C(=O)[C@]12C. The molecular weight excluding hydrogens is 502 g/mol. The van der Waals surface area contributed by atoms with Crippen LogP contribution in [0.2, 0.25) is 0 Å². The van der Waals surface area contributed by atoms with Gasteiger partial charge >= 0.3 is 17.9 Å². The van der Waals surface area contributed by atoms with Gasteiger partial charge in [0.25, 0.3) is 0 Å². The third kappa shape index (κ3) is 5.05. The van der Waals surface area contributed by atoms with E-state index in [1.807, 2.05) is 6.92 Å². The van der Waals surface area contributed by atoms with Crippen molar-refractivity contribution >= 4 is 23.7 Å². The third-order valence-corrected chi connectivity index (χ3v) is 11.1. The van der Waals surface area contributed by atoms with Crippen molar-refractivity contribution in [3.05, 3.63) is 10.4 Å². The van der Waals surface area contributed by atoms with E-state index in [9.17, 15) is 24.7 Å². The number of Topliss-reactive ketones (excluding diaryl/α,β-unsaturated/α-hetero) is 1. The summed E-state index contributed by atoms with van der Waals surface area (Å²) in [6.45, 7) is 9.11. The van der Waals surface area contributed by atoms with E-state index in [0.29, 0.717) is 25.7 Å². The Morgan fingerprint density at radius 3 is 2.41 bits per heavy atom. The van der Waals surface area contributed by atoms with E-state index in [4.69, 9.17) is 14.2 Å². The van der Waals surface area contributed by atoms with E-state index >= 15 is 0 Å². The van der Waals surface area contributed by atoms with E-state index < -0.39 is 17.6 Å². The van der Waals surface area contributed by atoms with Crippen LogP contribution in [0.25, 0.3) is 10.4 Å². The number of nitrogens with zero attached hydrogens (tertiary/aromatic N) is 3. The first-order chi connectivity index (χ1) is 18.4. The van der Waals surface area contributed by atoms with Gasteiger partial charge in [0.2, 0.25) is 0 Å². The second-order valence-corrected chi connectivity index (χ2v) is 12.9. The lowest BCUT2D eigenvalue weighted by Crippen LogP contribution is -2.66. The predicted octanol–water partition coefficient (Wildman–Crippen LogP) is 5.18. The number of fused-ring (bicyclic) bond motifs is 5. The van der Waals surface area contributed by atoms with Gasteiger partial charge in [-0.05, 0) is 85.5 Å². The number of rotatable bonds is 7. The number of carbonyl (C=O) groups excluding carboxylic acids is 4. The molecule has 4 aliphatic carbocycles. The summed E-state index contributed by atoms with van der Waals surface area (Å²) in [4.78, 5) is 53.6. The minimum absolute atomic E-state index is 0.0141. The monoisotopic (exact) mass is 545 g/mol. The fraction of sp³-hybridized carbons (Fsp3) is 0.862. The summed E-state index contributed by atoms with van der Waals surface area (Å²) in [6, 6.07) is -0.870. The van der Waals surface area contributed by atoms with Crippen molar-refractivity contribution in [2.45, 2.75) is 104 Å². The minimum Gasteiger partial charge on any atom is -0.469 e. The van der Waals surface area contributed by atoms with Gasteiger partial charge in [0.05, 0.1) is 7.11 Å². The highest BCUT2D eigenvalue weighted by Gasteiger charge is 2.69. The average Bonchev–Trinajstić information content (AvgIpc) is 3.23. The normalized spacial score (nSPS) is 41.6. The number of hydrogen-bond donors (Lipinski definition) is 0. The van der Waals surface area contributed by atoms with Crippen LogP contribution < -0.4 is 0 Å². The van der Waals surface area contributed by atoms with Gasteiger partial charge in [0.1, 0.15) is 24.0 Å². The highest BCUT2D eigenvalue weighted by atomic mass is 16.5. The lowest BCUT2D eigenvalue weighted by Gasteiger charge is -2.63. The Kier molecular flexibility index (Phi) is 8.36. The molecule has 0 spiro atoms. The second kappa shape index (κ2) is 11.1. The Hall–Kier alpha value is -2.61. The maximum absolute atomic E-state index is 14.5. The number of hydrogen-bond acceptors (Lipinski definition) is 8. The first kappa shape index (κ1) is 29.4. The fourth-order valence-corrected chi connectivity index (χ4v) is 9.43. The van der Waals surface area contributed by atoms with Crippen molar-refractivity contribution in [2.24, 2.45) is 51.5 Å². The molecule has 0 aromatic rings. The van der Waals surface area contributed by atoms with E-state index in [1.165, 1.54) is 21.0 Å². The summed E-state index contributed by atoms with van der Waals surface area (Å²) >= 11 is 0. The number of azide groups is 1. The molecule has 4 aliphatic rings. The molecular formula is C29H43N3O7. The lowest BCUT2D eigenvalue weighted by molar-refractivity contribution is -0.200. The van der Waals surface area contributed by atoms with Gasteiger partial charge in [-0.15, -0.1) is 0 Å². The van der Waals surface area contributed by atoms with Crippen LogP contribution in [0.3, 0.4) is 0 Å². The van der Waals surface area contributed by atoms with Gasteiger partial charge in [-0.1, -0.05) is 25.9 Å². The molecule has 0 aliphatic heterocycles. The maximum atomic E-state index is 14.5. The molecule has 4 fully saturated rings. The molecule has 11 atom stereocenters. The first-order valence-corrected chi connectivity index (χ1v) is 14.4. The Morgan fingerprint density at radius 1 is 1.10 bits per heavy atom. The molecule has 0 aromatic heterocycles. The summed E-state index contributed by atoms with van der Waals surface area (Å²) < 4.78 is 16.4. The molecule has 0 radical (unpaired) electrons. The van der Waals surface area contributed by atoms with Crippen LogP contribution in [0, 0.1) is 46.3 Å². The van der Waals surface area contributed by atoms with E-state index in [1.54, 1.807) is 0 Å². The van der Waals surface area contributed by atoms with Gasteiger partial charge < -0.3 is 14.2 Å². The van der Waals surface area contributed by atoms with Gasteiger partial charge in [0, 0.05) is 36.5 Å². The van der Waals surface area contributed by atoms with Gasteiger partial charge in [-0.3, -0.25) is 19.2 Å². The Labute approximate surface area is 230 Å². The summed E-state index contributed by atoms with van der Waals surface area (Å²) in [5.41, 5.74) is 8.55. The highest BCUT2D eigenvalue weighted by Crippen LogP contribution is 2.68. The highest BCUT2D eigenvalue weighted by molar-refractivity contribution is 5.92. The molecule has 4 saturated carbocycles. The molecule has 0 bridgehead atoms. The third-order valence-electron chi connectivity index (χ3n) is 11.1. The first-order valence-electron chi connectivity index (χ1n) is 14.4. The van der Waals surface area contributed by atoms with Gasteiger partial charge in [-0.25, -0.2) is 0 Å². The van der Waals surface area contributed by atoms with Crippen LogP contribution in [-0.4, -0.2) is 49.1 Å². The fourth-order valence-electron chi connectivity index (χ4n) is 9.43. The quantitative estimate of drug-likeness (QED) is 0.141. The second-order valence-electron chi connectivity index (χ2n) is 12.9. The molecule has 4 rings (SSSR count). The molecule has 0 aromatic carbocycles. The van der Waals surface area contributed by atoms with Crippen molar-refractivity contribution in [1.29, 1.82) is 0 Å². The standard InChI is InChI=1S/C29H43N3O7/c1-15(7-10-23(35)37-6)20-8-9-21-24-22(39-17(3)34)14-18-13-19(38-16(2)33)11-12-28(18,4)25(24)26(31-32-30)27(36)29(20,21)5/h15,18-22,24-26H,7-14H2,1-6H3/t15-,18+,19-,20-,21+,22-,24-,25-,26?,28+,29-/m1/s1. The molecule has 1 unspecified atom stereocenters. The summed E-state index contributed by atoms with van der Waals surface area (Å²) in [6.07, 6.45) is 4.56. The van der Waals surface area contributed by atoms with E-state index in [2.05, 4.69) is 23.9 Å². The molecule has 0 amide bonds. The van der Waals surface area contributed by atoms with Gasteiger partial charge in [0.15, 0.2) is 0 Å². The van der Waals surface area contributed by atoms with E-state index in [0.717, 1.165) is 19.3 Å². The summed E-state index contributed by atoms with van der Waals surface area (Å²) in [5, 5.41) is 4.18. The zero-order valence-electron chi connectivity index (χ0n) is 24.1. The van der Waals surface area contributed by atoms with Crippen LogP contribution in [0.1, 0.15) is 86.0 Å². The molecule has 0 saturated heterocycles. The topological polar surface area (TPSA) is 145 Å². The molecule has 10 nitrogen and oxygen atoms in total. The molecule has 0 N–H and O–H groups in total. The Balaban J connectivity index is 1.75. The average molecular weight is 546 g/mol. The number of methoxy groups -OCH3 is 1. The van der Waals surface area contributed by atoms with Crippen LogP contribution in [-0.2, 0) is 33.4 Å². The zero-order chi connectivity index (χ0) is 28.7. The summed E-state index contributed by atoms with van der Waals surface area (Å²) in [5.74, 6) is -1.26. The van der Waals surface area contributed by atoms with E-state index in [-0.39, 0.29) is 77.1 Å². The van der Waals surface area contributed by atoms with Crippen molar-refractivity contribution in [2.75, 3.05) is 7.11 Å². The van der Waals surface area contributed by atoms with Gasteiger partial charge in [-0.2, -0.15) is 0 Å². The molecule has 216 valence electrons. The van der Waals surface area contributed by atoms with Crippen molar-refractivity contribution < 1.29 is 33.4 Å². The Bertz CT molecular complexity index is 1060. The lowest BCUT2D eigenvalue weighted by atomic mass is 9.42. The minimum atomic E-state index is -0.870. The van der Waals surface area contributed by atoms with Crippen molar-refractivity contribution in [1.82, 2.24) is 0 Å². The maximum Gasteiger partial charge on any atom is 0.305 e. The van der Waals surface area contributed by atoms with Crippen LogP contribution in [0.4, 0.5) is 0 Å². The number of esters is 3. The largest absolute Gasteiger partial charge is 0.469 e. The smallest absolute Gasteiger partial charge is 0.305 e. The molecule has 39 heavy (non-hydrogen) atoms. The predicted molar refractivity (Wildman–Crippen MR) is 141 cm³/mol. The summed E-state index contributed by atoms with van der Waals surface area (Å²) in [7, 11) is 1.38. The van der Waals surface area contributed by atoms with Crippen molar-refractivity contribution in [3.8, 4) is 0 Å². The van der Waals surface area contributed by atoms with Crippen LogP contribution in [0.5, 0.6) is 0 Å². The molecule has 10 heteroatoms. The van der Waals surface area contributed by atoms with Crippen LogP contribution in [0.15, 0.2) is 5.11 Å².